The molecule has 0 aliphatic carbocycles. The number of hydrogen-bond acceptors (Lipinski definition) is 6. The largest absolute Gasteiger partial charge is 0.466 e. The second kappa shape index (κ2) is 10.8. The number of likely N-dealkylation sites (tertiary alicyclic amines) is 1. The molecule has 6 nitrogen and oxygen atoms in total. The highest BCUT2D eigenvalue weighted by Crippen LogP contribution is 2.44. The lowest BCUT2D eigenvalue weighted by atomic mass is 9.79. The SMILES string of the molecule is COC(=O)C1=C(C)N(CCl)C(CCN2CCCC2)=C(C(=O)OC)C1c1ccc(C(F)(F)F)cc1. The molecule has 0 spiro atoms. The number of carbonyl (C=O) groups is 2. The first-order chi connectivity index (χ1) is 16.1. The van der Waals surface area contributed by atoms with Gasteiger partial charge in [0.2, 0.25) is 0 Å². The summed E-state index contributed by atoms with van der Waals surface area (Å²) in [6.45, 7) is 4.26. The highest BCUT2D eigenvalue weighted by Gasteiger charge is 2.41. The van der Waals surface area contributed by atoms with Gasteiger partial charge in [-0.25, -0.2) is 9.59 Å². The molecule has 0 aromatic heterocycles. The number of hydrogen-bond donors (Lipinski definition) is 0. The van der Waals surface area contributed by atoms with E-state index in [0.29, 0.717) is 29.9 Å². The van der Waals surface area contributed by atoms with Crippen LogP contribution in [0.2, 0.25) is 0 Å². The standard InChI is InChI=1S/C24H28ClF3N2O4/c1-15-19(22(31)33-2)20(16-6-8-17(9-7-16)24(26,27)28)21(23(32)34-3)18(30(15)14-25)10-13-29-11-4-5-12-29/h6-9,20H,4-5,10-14H2,1-3H3. The number of esters is 2. The van der Waals surface area contributed by atoms with Crippen molar-refractivity contribution >= 4 is 23.5 Å². The van der Waals surface area contributed by atoms with Crippen molar-refractivity contribution in [1.82, 2.24) is 9.80 Å². The maximum absolute atomic E-state index is 13.2. The molecule has 0 N–H and O–H groups in total. The van der Waals surface area contributed by atoms with Crippen molar-refractivity contribution in [1.29, 1.82) is 0 Å². The third kappa shape index (κ3) is 5.25. The topological polar surface area (TPSA) is 59.1 Å². The van der Waals surface area contributed by atoms with Gasteiger partial charge in [-0.2, -0.15) is 13.2 Å². The number of benzene rings is 1. The molecule has 1 atom stereocenters. The van der Waals surface area contributed by atoms with Gasteiger partial charge in [-0.3, -0.25) is 0 Å². The molecule has 1 fully saturated rings. The molecule has 34 heavy (non-hydrogen) atoms. The van der Waals surface area contributed by atoms with Gasteiger partial charge in [-0.05, 0) is 50.6 Å². The van der Waals surface area contributed by atoms with Crippen LogP contribution in [0.3, 0.4) is 0 Å². The summed E-state index contributed by atoms with van der Waals surface area (Å²) in [4.78, 5) is 29.9. The molecular weight excluding hydrogens is 473 g/mol. The number of carbonyl (C=O) groups excluding carboxylic acids is 2. The molecule has 0 bridgehead atoms. The summed E-state index contributed by atoms with van der Waals surface area (Å²) < 4.78 is 49.5. The van der Waals surface area contributed by atoms with Crippen LogP contribution in [0.4, 0.5) is 13.2 Å². The van der Waals surface area contributed by atoms with Crippen LogP contribution in [-0.2, 0) is 25.2 Å². The Bertz CT molecular complexity index is 983. The maximum atomic E-state index is 13.2. The van der Waals surface area contributed by atoms with Crippen LogP contribution in [0.1, 0.15) is 43.2 Å². The molecule has 1 aromatic carbocycles. The Labute approximate surface area is 201 Å². The van der Waals surface area contributed by atoms with E-state index in [4.69, 9.17) is 21.1 Å². The lowest BCUT2D eigenvalue weighted by Gasteiger charge is -2.38. The van der Waals surface area contributed by atoms with Gasteiger partial charge in [0.25, 0.3) is 0 Å². The molecule has 0 radical (unpaired) electrons. The van der Waals surface area contributed by atoms with Gasteiger partial charge in [0.05, 0.1) is 42.9 Å². The van der Waals surface area contributed by atoms with Crippen molar-refractivity contribution < 1.29 is 32.2 Å². The van der Waals surface area contributed by atoms with Crippen molar-refractivity contribution in [3.8, 4) is 0 Å². The molecule has 2 heterocycles. The third-order valence-electron chi connectivity index (χ3n) is 6.37. The summed E-state index contributed by atoms with van der Waals surface area (Å²) >= 11 is 6.27. The van der Waals surface area contributed by atoms with Crippen LogP contribution in [0, 0.1) is 0 Å². The van der Waals surface area contributed by atoms with E-state index in [1.54, 1.807) is 11.8 Å². The Morgan fingerprint density at radius 1 is 1.03 bits per heavy atom. The van der Waals surface area contributed by atoms with Crippen LogP contribution in [-0.4, -0.2) is 61.6 Å². The smallest absolute Gasteiger partial charge is 0.416 e. The molecule has 0 amide bonds. The molecular formula is C24H28ClF3N2O4. The van der Waals surface area contributed by atoms with E-state index in [-0.39, 0.29) is 17.2 Å². The van der Waals surface area contributed by atoms with Crippen LogP contribution in [0.25, 0.3) is 0 Å². The molecule has 3 rings (SSSR count). The highest BCUT2D eigenvalue weighted by atomic mass is 35.5. The first-order valence-electron chi connectivity index (χ1n) is 11.0. The lowest BCUT2D eigenvalue weighted by Crippen LogP contribution is -2.36. The maximum Gasteiger partial charge on any atom is 0.416 e. The number of alkyl halides is 4. The van der Waals surface area contributed by atoms with Gasteiger partial charge in [-0.1, -0.05) is 12.1 Å². The summed E-state index contributed by atoms with van der Waals surface area (Å²) in [5.74, 6) is -2.34. The fourth-order valence-electron chi connectivity index (χ4n) is 4.63. The molecule has 1 saturated heterocycles. The second-order valence-corrected chi connectivity index (χ2v) is 8.48. The van der Waals surface area contributed by atoms with Gasteiger partial charge in [0, 0.05) is 24.4 Å². The normalized spacial score (nSPS) is 19.6. The number of halogens is 4. The minimum absolute atomic E-state index is 0.0259. The van der Waals surface area contributed by atoms with Crippen molar-refractivity contribution in [2.75, 3.05) is 39.9 Å². The van der Waals surface area contributed by atoms with Gasteiger partial charge in [-0.15, -0.1) is 11.6 Å². The molecule has 186 valence electrons. The number of methoxy groups -OCH3 is 2. The van der Waals surface area contributed by atoms with Crippen LogP contribution < -0.4 is 0 Å². The van der Waals surface area contributed by atoms with E-state index >= 15 is 0 Å². The first-order valence-corrected chi connectivity index (χ1v) is 11.5. The number of nitrogens with zero attached hydrogens (tertiary/aromatic N) is 2. The third-order valence-corrected chi connectivity index (χ3v) is 6.61. The first kappa shape index (κ1) is 26.1. The van der Waals surface area contributed by atoms with E-state index in [2.05, 4.69) is 4.90 Å². The highest BCUT2D eigenvalue weighted by molar-refractivity contribution is 6.18. The Hall–Kier alpha value is -2.52. The molecule has 2 aliphatic heterocycles. The average Bonchev–Trinajstić information content (AvgIpc) is 3.34. The van der Waals surface area contributed by atoms with Crippen molar-refractivity contribution in [3.05, 3.63) is 57.9 Å². The van der Waals surface area contributed by atoms with Gasteiger partial charge in [0.1, 0.15) is 0 Å². The van der Waals surface area contributed by atoms with Crippen molar-refractivity contribution in [2.45, 2.75) is 38.3 Å². The monoisotopic (exact) mass is 500 g/mol. The zero-order valence-electron chi connectivity index (χ0n) is 19.4. The predicted octanol–water partition coefficient (Wildman–Crippen LogP) is 4.66. The molecule has 1 aromatic rings. The van der Waals surface area contributed by atoms with E-state index in [0.717, 1.165) is 38.1 Å². The zero-order chi connectivity index (χ0) is 25.0. The molecule has 1 unspecified atom stereocenters. The summed E-state index contributed by atoms with van der Waals surface area (Å²) in [5, 5.41) is 0. The predicted molar refractivity (Wildman–Crippen MR) is 121 cm³/mol. The summed E-state index contributed by atoms with van der Waals surface area (Å²) in [5.41, 5.74) is 0.898. The Morgan fingerprint density at radius 3 is 2.09 bits per heavy atom. The average molecular weight is 501 g/mol. The van der Waals surface area contributed by atoms with Crippen molar-refractivity contribution in [3.63, 3.8) is 0 Å². The van der Waals surface area contributed by atoms with E-state index < -0.39 is 29.6 Å². The summed E-state index contributed by atoms with van der Waals surface area (Å²) in [6, 6.07) is 4.41. The second-order valence-electron chi connectivity index (χ2n) is 8.24. The number of rotatable bonds is 7. The van der Waals surface area contributed by atoms with Gasteiger partial charge < -0.3 is 19.3 Å². The molecule has 0 saturated carbocycles. The Balaban J connectivity index is 2.18. The van der Waals surface area contributed by atoms with Gasteiger partial charge >= 0.3 is 18.1 Å². The molecule has 2 aliphatic rings. The fraction of sp³-hybridized carbons (Fsp3) is 0.500. The van der Waals surface area contributed by atoms with E-state index in [1.807, 2.05) is 0 Å². The van der Waals surface area contributed by atoms with Crippen LogP contribution >= 0.6 is 11.6 Å². The number of ether oxygens (including phenoxy) is 2. The Morgan fingerprint density at radius 2 is 1.59 bits per heavy atom. The lowest BCUT2D eigenvalue weighted by molar-refractivity contribution is -0.138. The molecule has 10 heteroatoms. The van der Waals surface area contributed by atoms with Gasteiger partial charge in [0.15, 0.2) is 0 Å². The zero-order valence-corrected chi connectivity index (χ0v) is 20.1. The van der Waals surface area contributed by atoms with E-state index in [9.17, 15) is 22.8 Å². The Kier molecular flexibility index (Phi) is 8.30. The minimum atomic E-state index is -4.51. The fourth-order valence-corrected chi connectivity index (χ4v) is 4.96. The summed E-state index contributed by atoms with van der Waals surface area (Å²) in [6.07, 6.45) is -1.86. The number of allylic oxidation sites excluding steroid dienone is 1. The van der Waals surface area contributed by atoms with E-state index in [1.165, 1.54) is 26.4 Å². The van der Waals surface area contributed by atoms with Crippen LogP contribution in [0.5, 0.6) is 0 Å². The van der Waals surface area contributed by atoms with Crippen LogP contribution in [0.15, 0.2) is 46.8 Å². The minimum Gasteiger partial charge on any atom is -0.466 e. The quantitative estimate of drug-likeness (QED) is 0.308. The summed E-state index contributed by atoms with van der Waals surface area (Å²) in [7, 11) is 2.44. The van der Waals surface area contributed by atoms with Crippen molar-refractivity contribution in [2.24, 2.45) is 0 Å².